The Morgan fingerprint density at radius 3 is 2.82 bits per heavy atom. The van der Waals surface area contributed by atoms with E-state index < -0.39 is 5.82 Å². The van der Waals surface area contributed by atoms with Gasteiger partial charge in [-0.1, -0.05) is 12.1 Å². The van der Waals surface area contributed by atoms with E-state index in [9.17, 15) is 4.39 Å². The predicted octanol–water partition coefficient (Wildman–Crippen LogP) is 2.05. The molecular weight excluding hydrogens is 287 g/mol. The van der Waals surface area contributed by atoms with Gasteiger partial charge in [-0.15, -0.1) is 0 Å². The zero-order valence-electron chi connectivity index (χ0n) is 11.1. The molecule has 0 radical (unpaired) electrons. The van der Waals surface area contributed by atoms with Gasteiger partial charge in [0, 0.05) is 6.07 Å². The molecule has 2 aromatic heterocycles. The highest BCUT2D eigenvalue weighted by atomic mass is 19.1. The lowest BCUT2D eigenvalue weighted by atomic mass is 10.3. The van der Waals surface area contributed by atoms with Crippen molar-refractivity contribution in [1.29, 1.82) is 5.26 Å². The molecule has 0 fully saturated rings. The van der Waals surface area contributed by atoms with Crippen LogP contribution in [0.1, 0.15) is 5.56 Å². The van der Waals surface area contributed by atoms with Gasteiger partial charge >= 0.3 is 0 Å². The van der Waals surface area contributed by atoms with Gasteiger partial charge in [0.05, 0.1) is 6.20 Å². The van der Waals surface area contributed by atoms with Gasteiger partial charge < -0.3 is 10.5 Å². The minimum atomic E-state index is -0.506. The van der Waals surface area contributed by atoms with Crippen molar-refractivity contribution in [3.8, 4) is 23.5 Å². The van der Waals surface area contributed by atoms with Crippen LogP contribution in [0.15, 0.2) is 42.9 Å². The molecule has 2 N–H and O–H groups in total. The van der Waals surface area contributed by atoms with E-state index in [-0.39, 0.29) is 23.0 Å². The quantitative estimate of drug-likeness (QED) is 0.793. The second-order valence-corrected chi connectivity index (χ2v) is 4.21. The molecule has 0 saturated heterocycles. The lowest BCUT2D eigenvalue weighted by Crippen LogP contribution is -2.05. The Labute approximate surface area is 124 Å². The van der Waals surface area contributed by atoms with Crippen LogP contribution in [0, 0.1) is 17.1 Å². The molecule has 0 spiro atoms. The summed E-state index contributed by atoms with van der Waals surface area (Å²) in [6.45, 7) is 0. The van der Waals surface area contributed by atoms with Gasteiger partial charge in [0.15, 0.2) is 17.4 Å². The van der Waals surface area contributed by atoms with E-state index in [2.05, 4.69) is 15.1 Å². The predicted molar refractivity (Wildman–Crippen MR) is 74.8 cm³/mol. The summed E-state index contributed by atoms with van der Waals surface area (Å²) in [7, 11) is 0. The van der Waals surface area contributed by atoms with Crippen molar-refractivity contribution in [2.24, 2.45) is 0 Å². The Balaban J connectivity index is 1.95. The molecule has 22 heavy (non-hydrogen) atoms. The summed E-state index contributed by atoms with van der Waals surface area (Å²) in [6.07, 6.45) is 2.56. The van der Waals surface area contributed by atoms with Crippen LogP contribution in [0.4, 0.5) is 10.2 Å². The smallest absolute Gasteiger partial charge is 0.224 e. The molecule has 2 heterocycles. The van der Waals surface area contributed by atoms with Gasteiger partial charge in [0.2, 0.25) is 5.88 Å². The van der Waals surface area contributed by atoms with Gasteiger partial charge in [-0.05, 0) is 12.1 Å². The second-order valence-electron chi connectivity index (χ2n) is 4.21. The highest BCUT2D eigenvalue weighted by molar-refractivity contribution is 5.51. The molecule has 8 heteroatoms. The number of nitrogen functional groups attached to an aromatic ring is 1. The molecule has 3 rings (SSSR count). The first kappa shape index (κ1) is 13.5. The molecule has 0 aliphatic carbocycles. The standard InChI is InChI=1S/C14H9FN6O/c15-10-3-1-2-4-11(10)22-13-5-12(18-8-19-13)21-14(17)9(6-16)7-20-21/h1-5,7-8H,17H2. The van der Waals surface area contributed by atoms with Crippen LogP contribution in [0.5, 0.6) is 11.6 Å². The lowest BCUT2D eigenvalue weighted by molar-refractivity contribution is 0.426. The fourth-order valence-corrected chi connectivity index (χ4v) is 1.77. The summed E-state index contributed by atoms with van der Waals surface area (Å²) >= 11 is 0. The number of ether oxygens (including phenoxy) is 1. The molecule has 0 atom stereocenters. The van der Waals surface area contributed by atoms with Crippen molar-refractivity contribution in [3.05, 3.63) is 54.2 Å². The van der Waals surface area contributed by atoms with Gasteiger partial charge in [-0.2, -0.15) is 15.0 Å². The molecular formula is C14H9FN6O. The van der Waals surface area contributed by atoms with Crippen molar-refractivity contribution < 1.29 is 9.13 Å². The molecule has 0 unspecified atom stereocenters. The van der Waals surface area contributed by atoms with Crippen molar-refractivity contribution in [3.63, 3.8) is 0 Å². The molecule has 0 saturated carbocycles. The fourth-order valence-electron chi connectivity index (χ4n) is 1.77. The van der Waals surface area contributed by atoms with E-state index in [1.165, 1.54) is 35.4 Å². The van der Waals surface area contributed by atoms with Crippen molar-refractivity contribution >= 4 is 5.82 Å². The number of halogens is 1. The van der Waals surface area contributed by atoms with Gasteiger partial charge in [0.25, 0.3) is 0 Å². The van der Waals surface area contributed by atoms with E-state index in [0.717, 1.165) is 0 Å². The minimum Gasteiger partial charge on any atom is -0.436 e. The third kappa shape index (κ3) is 2.43. The Bertz CT molecular complexity index is 870. The summed E-state index contributed by atoms with van der Waals surface area (Å²) in [6, 6.07) is 9.32. The Morgan fingerprint density at radius 1 is 1.27 bits per heavy atom. The summed E-state index contributed by atoms with van der Waals surface area (Å²) in [5.41, 5.74) is 6.02. The first-order chi connectivity index (χ1) is 10.7. The van der Waals surface area contributed by atoms with Crippen LogP contribution in [0.2, 0.25) is 0 Å². The average Bonchev–Trinajstić information content (AvgIpc) is 2.91. The molecule has 1 aromatic carbocycles. The number of aromatic nitrogens is 4. The van der Waals surface area contributed by atoms with E-state index in [1.807, 2.05) is 6.07 Å². The van der Waals surface area contributed by atoms with Crippen LogP contribution in [0.25, 0.3) is 5.82 Å². The average molecular weight is 296 g/mol. The van der Waals surface area contributed by atoms with Crippen LogP contribution in [-0.4, -0.2) is 19.7 Å². The van der Waals surface area contributed by atoms with E-state index in [0.29, 0.717) is 5.82 Å². The lowest BCUT2D eigenvalue weighted by Gasteiger charge is -2.07. The van der Waals surface area contributed by atoms with E-state index in [4.69, 9.17) is 15.7 Å². The molecule has 7 nitrogen and oxygen atoms in total. The molecule has 108 valence electrons. The number of benzene rings is 1. The number of anilines is 1. The monoisotopic (exact) mass is 296 g/mol. The fraction of sp³-hybridized carbons (Fsp3) is 0. The van der Waals surface area contributed by atoms with E-state index in [1.54, 1.807) is 12.1 Å². The van der Waals surface area contributed by atoms with Crippen molar-refractivity contribution in [2.75, 3.05) is 5.73 Å². The third-order valence-corrected chi connectivity index (χ3v) is 2.82. The molecule has 3 aromatic rings. The Morgan fingerprint density at radius 2 is 2.09 bits per heavy atom. The second kappa shape index (κ2) is 5.49. The summed E-state index contributed by atoms with van der Waals surface area (Å²) < 4.78 is 20.2. The first-order valence-electron chi connectivity index (χ1n) is 6.17. The zero-order valence-corrected chi connectivity index (χ0v) is 11.1. The first-order valence-corrected chi connectivity index (χ1v) is 6.17. The maximum Gasteiger partial charge on any atom is 0.224 e. The zero-order chi connectivity index (χ0) is 15.5. The highest BCUT2D eigenvalue weighted by Gasteiger charge is 2.12. The number of hydrogen-bond acceptors (Lipinski definition) is 6. The Kier molecular flexibility index (Phi) is 3.37. The molecule has 0 aliphatic heterocycles. The van der Waals surface area contributed by atoms with Gasteiger partial charge in [-0.3, -0.25) is 0 Å². The van der Waals surface area contributed by atoms with Gasteiger partial charge in [0.1, 0.15) is 23.8 Å². The number of nitriles is 1. The molecule has 0 bridgehead atoms. The van der Waals surface area contributed by atoms with Crippen LogP contribution in [0.3, 0.4) is 0 Å². The topological polar surface area (TPSA) is 103 Å². The van der Waals surface area contributed by atoms with Crippen molar-refractivity contribution in [1.82, 2.24) is 19.7 Å². The van der Waals surface area contributed by atoms with Crippen LogP contribution >= 0.6 is 0 Å². The van der Waals surface area contributed by atoms with Crippen LogP contribution in [-0.2, 0) is 0 Å². The Hall–Kier alpha value is -3.47. The van der Waals surface area contributed by atoms with E-state index >= 15 is 0 Å². The number of rotatable bonds is 3. The third-order valence-electron chi connectivity index (χ3n) is 2.82. The minimum absolute atomic E-state index is 0.0401. The summed E-state index contributed by atoms with van der Waals surface area (Å²) in [4.78, 5) is 7.92. The van der Waals surface area contributed by atoms with Gasteiger partial charge in [-0.25, -0.2) is 14.4 Å². The van der Waals surface area contributed by atoms with Crippen LogP contribution < -0.4 is 10.5 Å². The number of para-hydroxylation sites is 1. The maximum atomic E-state index is 13.6. The summed E-state index contributed by atoms with van der Waals surface area (Å²) in [5.74, 6) is 0.119. The molecule has 0 amide bonds. The molecule has 0 aliphatic rings. The normalized spacial score (nSPS) is 10.2. The van der Waals surface area contributed by atoms with Crippen molar-refractivity contribution in [2.45, 2.75) is 0 Å². The number of nitrogens with zero attached hydrogens (tertiary/aromatic N) is 5. The summed E-state index contributed by atoms with van der Waals surface area (Å²) in [5, 5.41) is 12.8. The maximum absolute atomic E-state index is 13.6. The number of hydrogen-bond donors (Lipinski definition) is 1. The largest absolute Gasteiger partial charge is 0.436 e. The SMILES string of the molecule is N#Cc1cnn(-c2cc(Oc3ccccc3F)ncn2)c1N. The highest BCUT2D eigenvalue weighted by Crippen LogP contribution is 2.24. The number of nitrogens with two attached hydrogens (primary N) is 1.